The van der Waals surface area contributed by atoms with Gasteiger partial charge >= 0.3 is 0 Å². The van der Waals surface area contributed by atoms with Gasteiger partial charge in [0, 0.05) is 37.8 Å². The zero-order chi connectivity index (χ0) is 13.1. The molecule has 6 heteroatoms. The zero-order valence-corrected chi connectivity index (χ0v) is 10.2. The molecule has 2 heterocycles. The highest BCUT2D eigenvalue weighted by atomic mass is 16.5. The number of aromatic nitrogens is 1. The molecule has 0 aliphatic carbocycles. The van der Waals surface area contributed by atoms with Crippen molar-refractivity contribution in [2.45, 2.75) is 24.6 Å². The van der Waals surface area contributed by atoms with Gasteiger partial charge in [0.05, 0.1) is 12.1 Å². The lowest BCUT2D eigenvalue weighted by molar-refractivity contribution is -0.121. The third-order valence-electron chi connectivity index (χ3n) is 3.29. The second-order valence-corrected chi connectivity index (χ2v) is 4.30. The number of ether oxygens (including phenoxy) is 1. The van der Waals surface area contributed by atoms with Gasteiger partial charge in [-0.25, -0.2) is 0 Å². The van der Waals surface area contributed by atoms with Crippen LogP contribution >= 0.6 is 0 Å². The molecule has 3 unspecified atom stereocenters. The molecule has 0 bridgehead atoms. The Morgan fingerprint density at radius 2 is 2.44 bits per heavy atom. The minimum atomic E-state index is -0.581. The molecule has 6 nitrogen and oxygen atoms in total. The summed E-state index contributed by atoms with van der Waals surface area (Å²) in [5, 5.41) is 0. The molecule has 1 fully saturated rings. The quantitative estimate of drug-likeness (QED) is 0.738. The molecule has 3 atom stereocenters. The molecule has 1 saturated heterocycles. The van der Waals surface area contributed by atoms with Crippen LogP contribution in [0.5, 0.6) is 0 Å². The number of primary amides is 1. The number of methoxy groups -OCH3 is 1. The molecule has 1 aromatic rings. The molecular weight excluding hydrogens is 232 g/mol. The molecule has 1 aliphatic rings. The van der Waals surface area contributed by atoms with E-state index in [0.29, 0.717) is 6.54 Å². The van der Waals surface area contributed by atoms with Crippen LogP contribution in [0.1, 0.15) is 6.42 Å². The van der Waals surface area contributed by atoms with Crippen LogP contribution in [-0.4, -0.2) is 42.7 Å². The van der Waals surface area contributed by atoms with Crippen LogP contribution < -0.4 is 16.4 Å². The first-order chi connectivity index (χ1) is 8.65. The van der Waals surface area contributed by atoms with Gasteiger partial charge in [-0.05, 0) is 12.5 Å². The number of piperidine rings is 1. The predicted molar refractivity (Wildman–Crippen MR) is 66.8 cm³/mol. The normalized spacial score (nSPS) is 28.1. The monoisotopic (exact) mass is 249 g/mol. The van der Waals surface area contributed by atoms with E-state index >= 15 is 0 Å². The Morgan fingerprint density at radius 1 is 1.67 bits per heavy atom. The molecule has 1 aliphatic heterocycles. The van der Waals surface area contributed by atoms with E-state index < -0.39 is 18.0 Å². The Hall–Kier alpha value is -1.66. The molecule has 4 N–H and O–H groups in total. The maximum absolute atomic E-state index is 11.6. The maximum Gasteiger partial charge on any atom is 0.241 e. The number of nitrogens with zero attached hydrogens (tertiary/aromatic N) is 2. The molecule has 0 aromatic carbocycles. The summed E-state index contributed by atoms with van der Waals surface area (Å²) in [7, 11) is 1.59. The first kappa shape index (κ1) is 12.8. The van der Waals surface area contributed by atoms with E-state index in [0.717, 1.165) is 12.1 Å². The van der Waals surface area contributed by atoms with Gasteiger partial charge in [-0.2, -0.15) is 0 Å². The lowest BCUT2D eigenvalue weighted by atomic mass is 9.93. The average Bonchev–Trinajstić information content (AvgIpc) is 2.39. The maximum atomic E-state index is 11.6. The van der Waals surface area contributed by atoms with E-state index in [1.165, 1.54) is 0 Å². The summed E-state index contributed by atoms with van der Waals surface area (Å²) < 4.78 is 5.29. The number of anilines is 1. The smallest absolute Gasteiger partial charge is 0.241 e. The van der Waals surface area contributed by atoms with Crippen molar-refractivity contribution in [3.8, 4) is 0 Å². The van der Waals surface area contributed by atoms with E-state index in [4.69, 9.17) is 16.2 Å². The van der Waals surface area contributed by atoms with Gasteiger partial charge in [-0.15, -0.1) is 0 Å². The lowest BCUT2D eigenvalue weighted by Crippen LogP contribution is -2.64. The van der Waals surface area contributed by atoms with Crippen LogP contribution in [0.25, 0.3) is 0 Å². The standard InChI is InChI=1S/C12H17N4O2/c1-18-9-4-7-16(8-2-5-15-6-3-8)11(10(9)13)12(14)17/h2,5-6,9-11H,4,7,13H2,1H3,(H2,14,17). The van der Waals surface area contributed by atoms with Crippen LogP contribution in [0.2, 0.25) is 0 Å². The van der Waals surface area contributed by atoms with Crippen molar-refractivity contribution < 1.29 is 9.53 Å². The van der Waals surface area contributed by atoms with Gasteiger partial charge in [0.15, 0.2) is 0 Å². The van der Waals surface area contributed by atoms with Crippen LogP contribution in [-0.2, 0) is 9.53 Å². The van der Waals surface area contributed by atoms with Crippen molar-refractivity contribution in [2.75, 3.05) is 18.6 Å². The number of carbonyl (C=O) groups is 1. The highest BCUT2D eigenvalue weighted by Gasteiger charge is 2.39. The van der Waals surface area contributed by atoms with Crippen molar-refractivity contribution in [3.05, 3.63) is 24.5 Å². The number of nitrogens with two attached hydrogens (primary N) is 2. The van der Waals surface area contributed by atoms with Gasteiger partial charge in [-0.1, -0.05) is 0 Å². The summed E-state index contributed by atoms with van der Waals surface area (Å²) in [6.45, 7) is 0.653. The van der Waals surface area contributed by atoms with E-state index in [1.54, 1.807) is 25.6 Å². The van der Waals surface area contributed by atoms with Crippen LogP contribution in [0.3, 0.4) is 0 Å². The van der Waals surface area contributed by atoms with Crippen molar-refractivity contribution in [1.82, 2.24) is 4.98 Å². The Balaban J connectivity index is 2.28. The van der Waals surface area contributed by atoms with Crippen LogP contribution in [0, 0.1) is 6.07 Å². The second-order valence-electron chi connectivity index (χ2n) is 4.30. The number of amides is 1. The number of hydrogen-bond acceptors (Lipinski definition) is 5. The number of carbonyl (C=O) groups excluding carboxylic acids is 1. The number of hydrogen-bond donors (Lipinski definition) is 2. The highest BCUT2D eigenvalue weighted by molar-refractivity contribution is 5.85. The average molecular weight is 249 g/mol. The van der Waals surface area contributed by atoms with E-state index in [-0.39, 0.29) is 6.10 Å². The summed E-state index contributed by atoms with van der Waals surface area (Å²) >= 11 is 0. The minimum absolute atomic E-state index is 0.152. The summed E-state index contributed by atoms with van der Waals surface area (Å²) in [6, 6.07) is 3.75. The summed E-state index contributed by atoms with van der Waals surface area (Å²) in [6.07, 6.45) is 3.80. The fraction of sp³-hybridized carbons (Fsp3) is 0.500. The van der Waals surface area contributed by atoms with E-state index in [9.17, 15) is 4.79 Å². The van der Waals surface area contributed by atoms with Crippen molar-refractivity contribution in [1.29, 1.82) is 0 Å². The topological polar surface area (TPSA) is 94.5 Å². The number of rotatable bonds is 3. The second kappa shape index (κ2) is 5.32. The van der Waals surface area contributed by atoms with Gasteiger partial charge in [0.25, 0.3) is 0 Å². The van der Waals surface area contributed by atoms with E-state index in [2.05, 4.69) is 11.1 Å². The van der Waals surface area contributed by atoms with E-state index in [1.807, 2.05) is 4.90 Å². The Morgan fingerprint density at radius 3 is 3.00 bits per heavy atom. The molecular formula is C12H17N4O2. The zero-order valence-electron chi connectivity index (χ0n) is 10.2. The van der Waals surface area contributed by atoms with Gasteiger partial charge < -0.3 is 21.1 Å². The molecule has 1 radical (unpaired) electrons. The van der Waals surface area contributed by atoms with Crippen molar-refractivity contribution in [3.63, 3.8) is 0 Å². The molecule has 0 spiro atoms. The minimum Gasteiger partial charge on any atom is -0.380 e. The third-order valence-corrected chi connectivity index (χ3v) is 3.29. The summed E-state index contributed by atoms with van der Waals surface area (Å²) in [5.41, 5.74) is 12.3. The number of pyridine rings is 1. The van der Waals surface area contributed by atoms with Gasteiger partial charge in [0.1, 0.15) is 6.04 Å². The Kier molecular flexibility index (Phi) is 3.78. The van der Waals surface area contributed by atoms with Crippen molar-refractivity contribution >= 4 is 11.6 Å². The first-order valence-electron chi connectivity index (χ1n) is 5.81. The largest absolute Gasteiger partial charge is 0.380 e. The SMILES string of the molecule is COC1CCN(c2[c]cncc2)C(C(N)=O)C1N. The molecule has 2 rings (SSSR count). The Bertz CT molecular complexity index is 412. The van der Waals surface area contributed by atoms with Gasteiger partial charge in [-0.3, -0.25) is 9.78 Å². The fourth-order valence-corrected chi connectivity index (χ4v) is 2.38. The van der Waals surface area contributed by atoms with Crippen LogP contribution in [0.4, 0.5) is 5.69 Å². The predicted octanol–water partition coefficient (Wildman–Crippen LogP) is -0.712. The first-order valence-corrected chi connectivity index (χ1v) is 5.81. The summed E-state index contributed by atoms with van der Waals surface area (Å²) in [4.78, 5) is 17.4. The molecule has 1 aromatic heterocycles. The highest BCUT2D eigenvalue weighted by Crippen LogP contribution is 2.24. The summed E-state index contributed by atoms with van der Waals surface area (Å²) in [5.74, 6) is -0.450. The fourth-order valence-electron chi connectivity index (χ4n) is 2.38. The lowest BCUT2D eigenvalue weighted by Gasteiger charge is -2.42. The molecule has 1 amide bonds. The molecule has 18 heavy (non-hydrogen) atoms. The Labute approximate surface area is 106 Å². The molecule has 0 saturated carbocycles. The van der Waals surface area contributed by atoms with Crippen LogP contribution in [0.15, 0.2) is 18.5 Å². The molecule has 97 valence electrons. The van der Waals surface area contributed by atoms with Crippen molar-refractivity contribution in [2.24, 2.45) is 11.5 Å². The third kappa shape index (κ3) is 2.30. The van der Waals surface area contributed by atoms with Gasteiger partial charge in [0.2, 0.25) is 5.91 Å².